The molecule has 1 aliphatic heterocycles. The minimum Gasteiger partial charge on any atom is -0.355 e. The number of carbonyl (C=O) groups is 3. The van der Waals surface area contributed by atoms with Crippen LogP contribution in [0.5, 0.6) is 0 Å². The standard InChI is InChI=1S/C22H17F3N4O3/c1-27-18(30)12-3-4-13-9-21(10-15(13)7-12)19(31)29(20(32)28(21)2)16-6-5-14(11-26)17(8-16)22(23,24)25/h3-8H,9-10H2,1-2H3,(H,27,30). The summed E-state index contributed by atoms with van der Waals surface area (Å²) >= 11 is 0. The molecule has 1 heterocycles. The predicted octanol–water partition coefficient (Wildman–Crippen LogP) is 2.87. The van der Waals surface area contributed by atoms with E-state index in [2.05, 4.69) is 5.32 Å². The molecule has 2 aromatic rings. The summed E-state index contributed by atoms with van der Waals surface area (Å²) in [7, 11) is 2.93. The normalized spacial score (nSPS) is 20.0. The Bertz CT molecular complexity index is 1220. The number of fused-ring (bicyclic) bond motifs is 1. The van der Waals surface area contributed by atoms with Crippen molar-refractivity contribution in [3.05, 3.63) is 64.2 Å². The predicted molar refractivity (Wildman–Crippen MR) is 107 cm³/mol. The van der Waals surface area contributed by atoms with Gasteiger partial charge in [0.05, 0.1) is 22.9 Å². The van der Waals surface area contributed by atoms with Crippen LogP contribution < -0.4 is 10.2 Å². The van der Waals surface area contributed by atoms with Crippen LogP contribution >= 0.6 is 0 Å². The molecule has 1 aliphatic carbocycles. The molecular weight excluding hydrogens is 425 g/mol. The number of halogens is 3. The minimum absolute atomic E-state index is 0.132. The first-order valence-corrected chi connectivity index (χ1v) is 9.61. The van der Waals surface area contributed by atoms with E-state index in [1.807, 2.05) is 0 Å². The van der Waals surface area contributed by atoms with Crippen molar-refractivity contribution in [3.63, 3.8) is 0 Å². The van der Waals surface area contributed by atoms with Gasteiger partial charge in [-0.3, -0.25) is 9.59 Å². The van der Waals surface area contributed by atoms with E-state index in [1.54, 1.807) is 18.2 Å². The molecule has 32 heavy (non-hydrogen) atoms. The Kier molecular flexibility index (Phi) is 4.73. The van der Waals surface area contributed by atoms with Crippen molar-refractivity contribution in [2.75, 3.05) is 19.0 Å². The average molecular weight is 442 g/mol. The highest BCUT2D eigenvalue weighted by molar-refractivity contribution is 6.23. The summed E-state index contributed by atoms with van der Waals surface area (Å²) in [5, 5.41) is 11.5. The number of amides is 4. The van der Waals surface area contributed by atoms with E-state index in [0.29, 0.717) is 11.6 Å². The molecule has 1 spiro atoms. The molecule has 0 saturated carbocycles. The average Bonchev–Trinajstić information content (AvgIpc) is 3.24. The van der Waals surface area contributed by atoms with Gasteiger partial charge in [0, 0.05) is 32.5 Å². The Morgan fingerprint density at radius 3 is 2.44 bits per heavy atom. The van der Waals surface area contributed by atoms with E-state index in [1.165, 1.54) is 25.1 Å². The highest BCUT2D eigenvalue weighted by atomic mass is 19.4. The van der Waals surface area contributed by atoms with Crippen LogP contribution in [0.1, 0.15) is 32.6 Å². The summed E-state index contributed by atoms with van der Waals surface area (Å²) in [5.41, 5.74) is -1.46. The minimum atomic E-state index is -4.82. The second-order valence-corrected chi connectivity index (χ2v) is 7.77. The van der Waals surface area contributed by atoms with Gasteiger partial charge in [-0.25, -0.2) is 9.69 Å². The number of rotatable bonds is 2. The maximum Gasteiger partial charge on any atom is 0.417 e. The number of alkyl halides is 3. The lowest BCUT2D eigenvalue weighted by atomic mass is 9.94. The first kappa shape index (κ1) is 21.4. The molecule has 0 radical (unpaired) electrons. The highest BCUT2D eigenvalue weighted by Crippen LogP contribution is 2.43. The fraction of sp³-hybridized carbons (Fsp3) is 0.273. The number of likely N-dealkylation sites (N-methyl/N-ethyl adjacent to an activating group) is 1. The number of carbonyl (C=O) groups excluding carboxylic acids is 3. The molecule has 2 aromatic carbocycles. The third-order valence-corrected chi connectivity index (χ3v) is 6.07. The molecule has 0 bridgehead atoms. The van der Waals surface area contributed by atoms with E-state index in [-0.39, 0.29) is 24.4 Å². The van der Waals surface area contributed by atoms with Crippen LogP contribution in [-0.2, 0) is 23.8 Å². The van der Waals surface area contributed by atoms with Crippen LogP contribution in [0, 0.1) is 11.3 Å². The number of benzene rings is 2. The molecule has 7 nitrogen and oxygen atoms in total. The fourth-order valence-corrected chi connectivity index (χ4v) is 4.33. The van der Waals surface area contributed by atoms with Crippen LogP contribution in [0.25, 0.3) is 0 Å². The van der Waals surface area contributed by atoms with Gasteiger partial charge in [0.1, 0.15) is 5.54 Å². The van der Waals surface area contributed by atoms with E-state index in [4.69, 9.17) is 5.26 Å². The van der Waals surface area contributed by atoms with Crippen LogP contribution in [-0.4, -0.2) is 42.4 Å². The van der Waals surface area contributed by atoms with Gasteiger partial charge in [-0.1, -0.05) is 6.07 Å². The van der Waals surface area contributed by atoms with E-state index in [9.17, 15) is 27.6 Å². The number of imide groups is 1. The third-order valence-electron chi connectivity index (χ3n) is 6.07. The van der Waals surface area contributed by atoms with Crippen molar-refractivity contribution in [3.8, 4) is 6.07 Å². The van der Waals surface area contributed by atoms with Gasteiger partial charge in [-0.2, -0.15) is 18.4 Å². The van der Waals surface area contributed by atoms with Gasteiger partial charge < -0.3 is 10.2 Å². The topological polar surface area (TPSA) is 93.5 Å². The number of anilines is 1. The van der Waals surface area contributed by atoms with Crippen LogP contribution in [0.3, 0.4) is 0 Å². The van der Waals surface area contributed by atoms with Gasteiger partial charge >= 0.3 is 12.2 Å². The lowest BCUT2D eigenvalue weighted by molar-refractivity contribution is -0.137. The lowest BCUT2D eigenvalue weighted by Gasteiger charge is -2.27. The SMILES string of the molecule is CNC(=O)c1ccc2c(c1)CC1(C2)C(=O)N(c2ccc(C#N)c(C(F)(F)F)c2)C(=O)N1C. The van der Waals surface area contributed by atoms with Crippen molar-refractivity contribution in [1.82, 2.24) is 10.2 Å². The highest BCUT2D eigenvalue weighted by Gasteiger charge is 2.58. The zero-order valence-corrected chi connectivity index (χ0v) is 17.1. The number of urea groups is 1. The van der Waals surface area contributed by atoms with Gasteiger partial charge in [0.2, 0.25) is 0 Å². The first-order chi connectivity index (χ1) is 15.0. The summed E-state index contributed by atoms with van der Waals surface area (Å²) in [5.74, 6) is -0.949. The molecule has 2 aliphatic rings. The number of nitrogens with one attached hydrogen (secondary N) is 1. The fourth-order valence-electron chi connectivity index (χ4n) is 4.33. The Labute approximate surface area is 181 Å². The Morgan fingerprint density at radius 1 is 1.12 bits per heavy atom. The second-order valence-electron chi connectivity index (χ2n) is 7.77. The summed E-state index contributed by atoms with van der Waals surface area (Å²) in [6, 6.07) is 8.46. The summed E-state index contributed by atoms with van der Waals surface area (Å²) in [6.45, 7) is 0. The molecule has 1 saturated heterocycles. The number of hydrogen-bond donors (Lipinski definition) is 1. The molecule has 0 aromatic heterocycles. The van der Waals surface area contributed by atoms with Crippen molar-refractivity contribution in [1.29, 1.82) is 5.26 Å². The zero-order valence-electron chi connectivity index (χ0n) is 17.1. The maximum atomic E-state index is 13.4. The smallest absolute Gasteiger partial charge is 0.355 e. The lowest BCUT2D eigenvalue weighted by Crippen LogP contribution is -2.48. The molecule has 4 rings (SSSR count). The monoisotopic (exact) mass is 442 g/mol. The summed E-state index contributed by atoms with van der Waals surface area (Å²) < 4.78 is 40.2. The van der Waals surface area contributed by atoms with Crippen LogP contribution in [0.2, 0.25) is 0 Å². The van der Waals surface area contributed by atoms with Crippen molar-refractivity contribution in [2.45, 2.75) is 24.6 Å². The van der Waals surface area contributed by atoms with Gasteiger partial charge in [-0.15, -0.1) is 0 Å². The number of nitriles is 1. The Morgan fingerprint density at radius 2 is 1.81 bits per heavy atom. The molecule has 164 valence electrons. The zero-order chi connectivity index (χ0) is 23.4. The molecule has 4 amide bonds. The van der Waals surface area contributed by atoms with Crippen LogP contribution in [0.15, 0.2) is 36.4 Å². The van der Waals surface area contributed by atoms with E-state index in [0.717, 1.165) is 28.2 Å². The van der Waals surface area contributed by atoms with Gasteiger partial charge in [-0.05, 0) is 41.5 Å². The number of hydrogen-bond acceptors (Lipinski definition) is 4. The Hall–Kier alpha value is -3.87. The first-order valence-electron chi connectivity index (χ1n) is 9.61. The molecule has 10 heteroatoms. The van der Waals surface area contributed by atoms with Crippen LogP contribution in [0.4, 0.5) is 23.7 Å². The quantitative estimate of drug-likeness (QED) is 0.724. The molecule has 1 unspecified atom stereocenters. The third kappa shape index (κ3) is 3.00. The molecular formula is C22H17F3N4O3. The number of nitrogens with zero attached hydrogens (tertiary/aromatic N) is 3. The van der Waals surface area contributed by atoms with Gasteiger partial charge in [0.15, 0.2) is 0 Å². The Balaban J connectivity index is 1.74. The second kappa shape index (κ2) is 7.09. The largest absolute Gasteiger partial charge is 0.417 e. The molecule has 1 atom stereocenters. The summed E-state index contributed by atoms with van der Waals surface area (Å²) in [4.78, 5) is 40.3. The van der Waals surface area contributed by atoms with E-state index < -0.39 is 34.8 Å². The maximum absolute atomic E-state index is 13.4. The molecule has 1 N–H and O–H groups in total. The van der Waals surface area contributed by atoms with Crippen molar-refractivity contribution in [2.24, 2.45) is 0 Å². The summed E-state index contributed by atoms with van der Waals surface area (Å²) in [6.07, 6.45) is -4.51. The molecule has 1 fully saturated rings. The van der Waals surface area contributed by atoms with Crippen molar-refractivity contribution < 1.29 is 27.6 Å². The van der Waals surface area contributed by atoms with Gasteiger partial charge in [0.25, 0.3) is 11.8 Å². The van der Waals surface area contributed by atoms with Crippen molar-refractivity contribution >= 4 is 23.5 Å². The van der Waals surface area contributed by atoms with E-state index >= 15 is 0 Å².